The van der Waals surface area contributed by atoms with Gasteiger partial charge in [-0.2, -0.15) is 4.98 Å². The van der Waals surface area contributed by atoms with Crippen molar-refractivity contribution in [2.75, 3.05) is 12.8 Å². The first-order valence-corrected chi connectivity index (χ1v) is 6.46. The Hall–Kier alpha value is -1.89. The average molecular weight is 261 g/mol. The Kier molecular flexibility index (Phi) is 2.20. The molecule has 100 valence electrons. The smallest absolute Gasteiger partial charge is 0.245 e. The van der Waals surface area contributed by atoms with Gasteiger partial charge in [-0.1, -0.05) is 0 Å². The topological polar surface area (TPSA) is 88.1 Å². The van der Waals surface area contributed by atoms with Crippen LogP contribution in [0.2, 0.25) is 0 Å². The van der Waals surface area contributed by atoms with E-state index in [9.17, 15) is 0 Å². The highest BCUT2D eigenvalue weighted by Gasteiger charge is 2.43. The third-order valence-corrected chi connectivity index (χ3v) is 4.07. The van der Waals surface area contributed by atoms with Crippen LogP contribution in [0, 0.1) is 0 Å². The summed E-state index contributed by atoms with van der Waals surface area (Å²) in [4.78, 5) is 12.7. The zero-order valence-corrected chi connectivity index (χ0v) is 10.6. The third-order valence-electron chi connectivity index (χ3n) is 4.07. The predicted molar refractivity (Wildman–Crippen MR) is 67.8 cm³/mol. The van der Waals surface area contributed by atoms with Gasteiger partial charge in [0.15, 0.2) is 11.2 Å². The van der Waals surface area contributed by atoms with E-state index >= 15 is 0 Å². The molecule has 3 unspecified atom stereocenters. The minimum atomic E-state index is 0.225. The number of aromatic nitrogens is 4. The summed E-state index contributed by atoms with van der Waals surface area (Å²) in [6.45, 7) is 0. The van der Waals surface area contributed by atoms with Crippen LogP contribution in [0.1, 0.15) is 25.3 Å². The third kappa shape index (κ3) is 1.45. The highest BCUT2D eigenvalue weighted by molar-refractivity contribution is 5.79. The molecule has 2 fully saturated rings. The van der Waals surface area contributed by atoms with Gasteiger partial charge in [0.05, 0.1) is 25.4 Å². The summed E-state index contributed by atoms with van der Waals surface area (Å²) >= 11 is 0. The standard InChI is InChI=1S/C12H15N5O2/c1-18-11-9-10(14-5-15-11)17(12(13)16-9)7-4-6-2-3-8(7)19-6/h5-8H,2-4H2,1H3,(H2,13,16). The van der Waals surface area contributed by atoms with Crippen LogP contribution in [0.15, 0.2) is 6.33 Å². The molecule has 0 spiro atoms. The Morgan fingerprint density at radius 3 is 3.00 bits per heavy atom. The van der Waals surface area contributed by atoms with E-state index in [0.717, 1.165) is 24.9 Å². The molecule has 0 saturated carbocycles. The maximum absolute atomic E-state index is 6.06. The van der Waals surface area contributed by atoms with E-state index in [2.05, 4.69) is 15.0 Å². The van der Waals surface area contributed by atoms with Crippen LogP contribution >= 0.6 is 0 Å². The number of nitrogens with two attached hydrogens (primary N) is 1. The summed E-state index contributed by atoms with van der Waals surface area (Å²) in [6, 6.07) is 0.225. The minimum Gasteiger partial charge on any atom is -0.479 e. The lowest BCUT2D eigenvalue weighted by atomic mass is 9.95. The summed E-state index contributed by atoms with van der Waals surface area (Å²) < 4.78 is 13.1. The van der Waals surface area contributed by atoms with Gasteiger partial charge < -0.3 is 15.2 Å². The van der Waals surface area contributed by atoms with Crippen molar-refractivity contribution >= 4 is 17.1 Å². The molecule has 2 N–H and O–H groups in total. The predicted octanol–water partition coefficient (Wildman–Crippen LogP) is 0.909. The van der Waals surface area contributed by atoms with Gasteiger partial charge in [0.2, 0.25) is 11.8 Å². The van der Waals surface area contributed by atoms with Crippen molar-refractivity contribution in [3.8, 4) is 5.88 Å². The molecular formula is C12H15N5O2. The molecule has 4 rings (SSSR count). The SMILES string of the molecule is COc1ncnc2c1nc(N)n2C1CC2CCC1O2. The molecule has 2 bridgehead atoms. The van der Waals surface area contributed by atoms with Gasteiger partial charge in [-0.15, -0.1) is 0 Å². The molecule has 2 aliphatic heterocycles. The van der Waals surface area contributed by atoms with E-state index in [4.69, 9.17) is 15.2 Å². The lowest BCUT2D eigenvalue weighted by Gasteiger charge is -2.21. The molecule has 19 heavy (non-hydrogen) atoms. The maximum atomic E-state index is 6.06. The van der Waals surface area contributed by atoms with Crippen LogP contribution in [0.5, 0.6) is 5.88 Å². The van der Waals surface area contributed by atoms with Crippen LogP contribution in [0.25, 0.3) is 11.2 Å². The number of anilines is 1. The quantitative estimate of drug-likeness (QED) is 0.864. The van der Waals surface area contributed by atoms with Crippen molar-refractivity contribution in [3.05, 3.63) is 6.33 Å². The van der Waals surface area contributed by atoms with Crippen LogP contribution in [0.3, 0.4) is 0 Å². The summed E-state index contributed by atoms with van der Waals surface area (Å²) in [5.74, 6) is 0.912. The van der Waals surface area contributed by atoms with Crippen molar-refractivity contribution in [2.45, 2.75) is 37.5 Å². The normalized spacial score (nSPS) is 29.2. The second kappa shape index (κ2) is 3.80. The van der Waals surface area contributed by atoms with Crippen LogP contribution in [-0.2, 0) is 4.74 Å². The van der Waals surface area contributed by atoms with Crippen LogP contribution in [0.4, 0.5) is 5.95 Å². The van der Waals surface area contributed by atoms with E-state index in [1.807, 2.05) is 4.57 Å². The van der Waals surface area contributed by atoms with E-state index in [0.29, 0.717) is 23.4 Å². The first-order valence-electron chi connectivity index (χ1n) is 6.46. The molecule has 2 aliphatic rings. The molecule has 0 radical (unpaired) electrons. The Morgan fingerprint density at radius 1 is 1.42 bits per heavy atom. The molecule has 2 aromatic rings. The second-order valence-electron chi connectivity index (χ2n) is 5.07. The minimum absolute atomic E-state index is 0.225. The van der Waals surface area contributed by atoms with Gasteiger partial charge in [-0.3, -0.25) is 4.57 Å². The average Bonchev–Trinajstić information content (AvgIpc) is 3.09. The van der Waals surface area contributed by atoms with Crippen molar-refractivity contribution in [1.29, 1.82) is 0 Å². The van der Waals surface area contributed by atoms with Gasteiger partial charge in [-0.25, -0.2) is 9.97 Å². The lowest BCUT2D eigenvalue weighted by molar-refractivity contribution is 0.0945. The zero-order valence-electron chi connectivity index (χ0n) is 10.6. The van der Waals surface area contributed by atoms with Crippen molar-refractivity contribution in [3.63, 3.8) is 0 Å². The van der Waals surface area contributed by atoms with E-state index in [1.54, 1.807) is 7.11 Å². The first kappa shape index (κ1) is 11.0. The van der Waals surface area contributed by atoms with Crippen LogP contribution in [-0.4, -0.2) is 38.8 Å². The zero-order chi connectivity index (χ0) is 13.0. The number of rotatable bonds is 2. The molecule has 7 nitrogen and oxygen atoms in total. The molecule has 3 atom stereocenters. The number of hydrogen-bond acceptors (Lipinski definition) is 6. The molecule has 2 saturated heterocycles. The van der Waals surface area contributed by atoms with Crippen molar-refractivity contribution in [2.24, 2.45) is 0 Å². The van der Waals surface area contributed by atoms with Gasteiger partial charge in [0.1, 0.15) is 6.33 Å². The molecule has 7 heteroatoms. The summed E-state index contributed by atoms with van der Waals surface area (Å²) in [5.41, 5.74) is 7.40. The van der Waals surface area contributed by atoms with Crippen molar-refractivity contribution in [1.82, 2.24) is 19.5 Å². The second-order valence-corrected chi connectivity index (χ2v) is 5.07. The van der Waals surface area contributed by atoms with Gasteiger partial charge in [0, 0.05) is 0 Å². The highest BCUT2D eigenvalue weighted by Crippen LogP contribution is 2.43. The molecule has 4 heterocycles. The molecule has 0 aromatic carbocycles. The van der Waals surface area contributed by atoms with E-state index in [1.165, 1.54) is 6.33 Å². The summed E-state index contributed by atoms with van der Waals surface area (Å²) in [5, 5.41) is 0. The number of nitrogen functional groups attached to an aromatic ring is 1. The van der Waals surface area contributed by atoms with E-state index in [-0.39, 0.29) is 12.1 Å². The molecule has 2 aromatic heterocycles. The number of imidazole rings is 1. The van der Waals surface area contributed by atoms with Gasteiger partial charge in [-0.05, 0) is 19.3 Å². The van der Waals surface area contributed by atoms with Gasteiger partial charge >= 0.3 is 0 Å². The maximum Gasteiger partial charge on any atom is 0.245 e. The molecule has 0 amide bonds. The van der Waals surface area contributed by atoms with E-state index < -0.39 is 0 Å². The number of ether oxygens (including phenoxy) is 2. The first-order chi connectivity index (χ1) is 9.28. The highest BCUT2D eigenvalue weighted by atomic mass is 16.5. The fourth-order valence-corrected chi connectivity index (χ4v) is 3.26. The van der Waals surface area contributed by atoms with Gasteiger partial charge in [0.25, 0.3) is 0 Å². The molecule has 0 aliphatic carbocycles. The Bertz CT molecular complexity index is 640. The fraction of sp³-hybridized carbons (Fsp3) is 0.583. The number of hydrogen-bond donors (Lipinski definition) is 1. The Balaban J connectivity index is 1.88. The summed E-state index contributed by atoms with van der Waals surface area (Å²) in [7, 11) is 1.57. The Morgan fingerprint density at radius 2 is 2.32 bits per heavy atom. The monoisotopic (exact) mass is 261 g/mol. The molecular weight excluding hydrogens is 246 g/mol. The Labute approximate surface area is 109 Å². The fourth-order valence-electron chi connectivity index (χ4n) is 3.26. The number of fused-ring (bicyclic) bond motifs is 3. The van der Waals surface area contributed by atoms with Crippen LogP contribution < -0.4 is 10.5 Å². The van der Waals surface area contributed by atoms with Crippen molar-refractivity contribution < 1.29 is 9.47 Å². The number of nitrogens with zero attached hydrogens (tertiary/aromatic N) is 4. The largest absolute Gasteiger partial charge is 0.479 e. The lowest BCUT2D eigenvalue weighted by Crippen LogP contribution is -2.22. The summed E-state index contributed by atoms with van der Waals surface area (Å²) in [6.07, 6.45) is 5.27. The number of methoxy groups -OCH3 is 1.